The van der Waals surface area contributed by atoms with Crippen LogP contribution in [0.4, 0.5) is 11.4 Å². The molecule has 1 fully saturated rings. The van der Waals surface area contributed by atoms with Gasteiger partial charge in [-0.3, -0.25) is 0 Å². The van der Waals surface area contributed by atoms with E-state index >= 15 is 0 Å². The molecule has 2 rings (SSSR count). The van der Waals surface area contributed by atoms with Crippen LogP contribution in [-0.2, 0) is 9.84 Å². The minimum Gasteiger partial charge on any atom is -0.396 e. The number of piperidine rings is 1. The van der Waals surface area contributed by atoms with Crippen LogP contribution in [0.25, 0.3) is 0 Å². The molecule has 19 heavy (non-hydrogen) atoms. The van der Waals surface area contributed by atoms with Crippen LogP contribution in [0.15, 0.2) is 23.1 Å². The van der Waals surface area contributed by atoms with Crippen molar-refractivity contribution in [2.75, 3.05) is 30.0 Å². The average molecular weight is 284 g/mol. The van der Waals surface area contributed by atoms with Crippen LogP contribution in [-0.4, -0.2) is 39.0 Å². The molecule has 1 aromatic rings. The molecule has 0 amide bonds. The van der Waals surface area contributed by atoms with Gasteiger partial charge in [-0.05, 0) is 31.4 Å². The summed E-state index contributed by atoms with van der Waals surface area (Å²) in [4.78, 5) is 2.18. The SMILES string of the molecule is CS(=O)(=O)c1cccc(N2CCCCC2CO)c1N. The molecule has 1 heterocycles. The molecule has 3 N–H and O–H groups in total. The summed E-state index contributed by atoms with van der Waals surface area (Å²) in [5, 5.41) is 9.44. The van der Waals surface area contributed by atoms with Gasteiger partial charge >= 0.3 is 0 Å². The first kappa shape index (κ1) is 14.1. The Morgan fingerprint density at radius 2 is 2.16 bits per heavy atom. The topological polar surface area (TPSA) is 83.6 Å². The maximum absolute atomic E-state index is 11.7. The highest BCUT2D eigenvalue weighted by Crippen LogP contribution is 2.33. The lowest BCUT2D eigenvalue weighted by Crippen LogP contribution is -2.42. The number of anilines is 2. The molecule has 0 saturated carbocycles. The van der Waals surface area contributed by atoms with Crippen molar-refractivity contribution in [1.82, 2.24) is 0 Å². The van der Waals surface area contributed by atoms with E-state index in [0.717, 1.165) is 32.1 Å². The first-order valence-electron chi connectivity index (χ1n) is 6.41. The van der Waals surface area contributed by atoms with E-state index in [2.05, 4.69) is 0 Å². The van der Waals surface area contributed by atoms with Crippen LogP contribution in [0.3, 0.4) is 0 Å². The zero-order valence-corrected chi connectivity index (χ0v) is 11.9. The van der Waals surface area contributed by atoms with Crippen molar-refractivity contribution in [2.45, 2.75) is 30.2 Å². The first-order valence-corrected chi connectivity index (χ1v) is 8.30. The summed E-state index contributed by atoms with van der Waals surface area (Å²) in [5.41, 5.74) is 7.01. The van der Waals surface area contributed by atoms with E-state index in [-0.39, 0.29) is 23.2 Å². The fourth-order valence-electron chi connectivity index (χ4n) is 2.61. The maximum Gasteiger partial charge on any atom is 0.177 e. The van der Waals surface area contributed by atoms with Crippen LogP contribution in [0.1, 0.15) is 19.3 Å². The number of nitrogens with zero attached hydrogens (tertiary/aromatic N) is 1. The highest BCUT2D eigenvalue weighted by Gasteiger charge is 2.25. The minimum atomic E-state index is -3.33. The third-order valence-corrected chi connectivity index (χ3v) is 4.74. The Bertz CT molecular complexity index is 557. The predicted octanol–water partition coefficient (Wildman–Crippen LogP) is 1.02. The summed E-state index contributed by atoms with van der Waals surface area (Å²) in [6.45, 7) is 0.852. The standard InChI is InChI=1S/C13H20N2O3S/c1-19(17,18)12-7-4-6-11(13(12)14)15-8-3-2-5-10(15)9-16/h4,6-7,10,16H,2-3,5,8-9,14H2,1H3. The summed E-state index contributed by atoms with van der Waals surface area (Å²) in [7, 11) is -3.33. The largest absolute Gasteiger partial charge is 0.396 e. The number of nitrogens with two attached hydrogens (primary N) is 1. The van der Waals surface area contributed by atoms with Crippen LogP contribution in [0.2, 0.25) is 0 Å². The monoisotopic (exact) mass is 284 g/mol. The molecule has 1 aliphatic rings. The molecular formula is C13H20N2O3S. The molecule has 1 atom stereocenters. The van der Waals surface area contributed by atoms with Crippen LogP contribution in [0.5, 0.6) is 0 Å². The summed E-state index contributed by atoms with van der Waals surface area (Å²) in [5.74, 6) is 0. The van der Waals surface area contributed by atoms with E-state index in [0.29, 0.717) is 5.69 Å². The van der Waals surface area contributed by atoms with Crippen molar-refractivity contribution in [3.8, 4) is 0 Å². The molecule has 1 saturated heterocycles. The van der Waals surface area contributed by atoms with Crippen LogP contribution >= 0.6 is 0 Å². The number of rotatable bonds is 3. The molecule has 1 aliphatic heterocycles. The van der Waals surface area contributed by atoms with Gasteiger partial charge < -0.3 is 15.7 Å². The Kier molecular flexibility index (Phi) is 4.01. The quantitative estimate of drug-likeness (QED) is 0.810. The van der Waals surface area contributed by atoms with E-state index in [9.17, 15) is 13.5 Å². The second-order valence-corrected chi connectivity index (χ2v) is 6.97. The van der Waals surface area contributed by atoms with Crippen LogP contribution in [0, 0.1) is 0 Å². The number of hydrogen-bond donors (Lipinski definition) is 2. The molecule has 0 bridgehead atoms. The number of aliphatic hydroxyl groups excluding tert-OH is 1. The zero-order valence-electron chi connectivity index (χ0n) is 11.0. The number of para-hydroxylation sites is 1. The van der Waals surface area contributed by atoms with Crippen molar-refractivity contribution < 1.29 is 13.5 Å². The first-order chi connectivity index (χ1) is 8.95. The third-order valence-electron chi connectivity index (χ3n) is 3.59. The normalized spacial score (nSPS) is 20.5. The lowest BCUT2D eigenvalue weighted by molar-refractivity contribution is 0.240. The Labute approximate surface area is 113 Å². The Morgan fingerprint density at radius 3 is 2.79 bits per heavy atom. The fourth-order valence-corrected chi connectivity index (χ4v) is 3.44. The number of nitrogen functional groups attached to an aromatic ring is 1. The summed E-state index contributed by atoms with van der Waals surface area (Å²) < 4.78 is 23.4. The number of sulfone groups is 1. The van der Waals surface area contributed by atoms with Crippen molar-refractivity contribution >= 4 is 21.2 Å². The van der Waals surface area contributed by atoms with Gasteiger partial charge in [0.25, 0.3) is 0 Å². The minimum absolute atomic E-state index is 0.0193. The highest BCUT2D eigenvalue weighted by atomic mass is 32.2. The zero-order chi connectivity index (χ0) is 14.0. The molecule has 0 aromatic heterocycles. The molecule has 0 radical (unpaired) electrons. The van der Waals surface area contributed by atoms with Crippen molar-refractivity contribution in [3.05, 3.63) is 18.2 Å². The van der Waals surface area contributed by atoms with Gasteiger partial charge in [-0.25, -0.2) is 8.42 Å². The Hall–Kier alpha value is -1.27. The molecule has 0 spiro atoms. The number of aliphatic hydroxyl groups is 1. The Balaban J connectivity index is 2.45. The van der Waals surface area contributed by atoms with Gasteiger partial charge in [-0.15, -0.1) is 0 Å². The lowest BCUT2D eigenvalue weighted by atomic mass is 10.0. The highest BCUT2D eigenvalue weighted by molar-refractivity contribution is 7.90. The molecule has 1 aromatic carbocycles. The summed E-state index contributed by atoms with van der Waals surface area (Å²) in [6.07, 6.45) is 4.16. The predicted molar refractivity (Wildman–Crippen MR) is 76.0 cm³/mol. The third kappa shape index (κ3) is 2.84. The number of hydrogen-bond acceptors (Lipinski definition) is 5. The maximum atomic E-state index is 11.7. The number of benzene rings is 1. The van der Waals surface area contributed by atoms with Gasteiger partial charge in [0.15, 0.2) is 9.84 Å². The molecule has 5 nitrogen and oxygen atoms in total. The van der Waals surface area contributed by atoms with E-state index in [4.69, 9.17) is 5.73 Å². The molecule has 0 aliphatic carbocycles. The molecular weight excluding hydrogens is 264 g/mol. The van der Waals surface area contributed by atoms with Gasteiger partial charge in [0.1, 0.15) is 0 Å². The van der Waals surface area contributed by atoms with Gasteiger partial charge in [-0.2, -0.15) is 0 Å². The summed E-state index contributed by atoms with van der Waals surface area (Å²) >= 11 is 0. The van der Waals surface area contributed by atoms with E-state index in [1.807, 2.05) is 11.0 Å². The lowest BCUT2D eigenvalue weighted by Gasteiger charge is -2.37. The second-order valence-electron chi connectivity index (χ2n) is 4.99. The smallest absolute Gasteiger partial charge is 0.177 e. The van der Waals surface area contributed by atoms with Crippen molar-refractivity contribution in [3.63, 3.8) is 0 Å². The molecule has 1 unspecified atom stereocenters. The van der Waals surface area contributed by atoms with Gasteiger partial charge in [-0.1, -0.05) is 6.07 Å². The van der Waals surface area contributed by atoms with E-state index in [1.165, 1.54) is 6.07 Å². The van der Waals surface area contributed by atoms with E-state index in [1.54, 1.807) is 6.07 Å². The van der Waals surface area contributed by atoms with Crippen molar-refractivity contribution in [2.24, 2.45) is 0 Å². The Morgan fingerprint density at radius 1 is 1.42 bits per heavy atom. The van der Waals surface area contributed by atoms with Crippen molar-refractivity contribution in [1.29, 1.82) is 0 Å². The van der Waals surface area contributed by atoms with Gasteiger partial charge in [0, 0.05) is 12.8 Å². The second kappa shape index (κ2) is 5.38. The van der Waals surface area contributed by atoms with Gasteiger partial charge in [0.05, 0.1) is 28.9 Å². The van der Waals surface area contributed by atoms with E-state index < -0.39 is 9.84 Å². The van der Waals surface area contributed by atoms with Crippen LogP contribution < -0.4 is 10.6 Å². The molecule has 106 valence electrons. The summed E-state index contributed by atoms with van der Waals surface area (Å²) in [6, 6.07) is 5.06. The average Bonchev–Trinajstić information content (AvgIpc) is 2.37. The molecule has 6 heteroatoms. The fraction of sp³-hybridized carbons (Fsp3) is 0.538. The van der Waals surface area contributed by atoms with Gasteiger partial charge in [0.2, 0.25) is 0 Å².